The number of ketones is 1. The number of hydrogen-bond donors (Lipinski definition) is 0. The zero-order valence-corrected chi connectivity index (χ0v) is 15.6. The molecule has 0 fully saturated rings. The predicted octanol–water partition coefficient (Wildman–Crippen LogP) is 3.54. The zero-order chi connectivity index (χ0) is 19.5. The van der Waals surface area contributed by atoms with Crippen LogP contribution >= 0.6 is 0 Å². The van der Waals surface area contributed by atoms with Crippen molar-refractivity contribution in [1.29, 1.82) is 0 Å². The highest BCUT2D eigenvalue weighted by Gasteiger charge is 2.16. The third kappa shape index (κ3) is 3.71. The number of ether oxygens (including phenoxy) is 3. The Kier molecular flexibility index (Phi) is 5.02. The first-order valence-electron chi connectivity index (χ1n) is 9.25. The quantitative estimate of drug-likeness (QED) is 0.501. The van der Waals surface area contributed by atoms with Crippen LogP contribution in [-0.4, -0.2) is 36.1 Å². The van der Waals surface area contributed by atoms with Crippen LogP contribution in [0.4, 0.5) is 0 Å². The molecular weight excluding hydrogens is 358 g/mol. The van der Waals surface area contributed by atoms with E-state index in [0.717, 1.165) is 23.0 Å². The molecule has 0 bridgehead atoms. The maximum Gasteiger partial charge on any atom is 0.326 e. The summed E-state index contributed by atoms with van der Waals surface area (Å²) in [7, 11) is 0. The van der Waals surface area contributed by atoms with E-state index in [0.29, 0.717) is 30.3 Å². The van der Waals surface area contributed by atoms with Crippen LogP contribution in [0.2, 0.25) is 0 Å². The minimum absolute atomic E-state index is 0.0633. The van der Waals surface area contributed by atoms with Crippen molar-refractivity contribution in [3.05, 3.63) is 59.8 Å². The van der Waals surface area contributed by atoms with Crippen LogP contribution < -0.4 is 9.47 Å². The Hall–Kier alpha value is -3.28. The summed E-state index contributed by atoms with van der Waals surface area (Å²) in [6, 6.07) is 14.9. The summed E-state index contributed by atoms with van der Waals surface area (Å²) in [5.41, 5.74) is 2.36. The monoisotopic (exact) mass is 379 g/mol. The van der Waals surface area contributed by atoms with Crippen molar-refractivity contribution in [2.75, 3.05) is 19.8 Å². The molecule has 3 aromatic rings. The lowest BCUT2D eigenvalue weighted by Gasteiger charge is -2.10. The van der Waals surface area contributed by atoms with E-state index in [1.54, 1.807) is 18.2 Å². The van der Waals surface area contributed by atoms with Crippen molar-refractivity contribution in [1.82, 2.24) is 4.57 Å². The highest BCUT2D eigenvalue weighted by molar-refractivity contribution is 5.98. The standard InChI is InChI=1S/C22H21NO5/c1-15-11-16-5-2-3-6-18(16)23(15)13-22(25)28-14-19(24)17-7-8-20-21(12-17)27-10-4-9-26-20/h2-3,5-8,11-12H,4,9-10,13-14H2,1H3. The van der Waals surface area contributed by atoms with Crippen molar-refractivity contribution < 1.29 is 23.8 Å². The summed E-state index contributed by atoms with van der Waals surface area (Å²) in [4.78, 5) is 24.7. The predicted molar refractivity (Wildman–Crippen MR) is 104 cm³/mol. The van der Waals surface area contributed by atoms with Gasteiger partial charge in [-0.05, 0) is 42.6 Å². The van der Waals surface area contributed by atoms with Crippen LogP contribution in [0.5, 0.6) is 11.5 Å². The molecule has 0 amide bonds. The summed E-state index contributed by atoms with van der Waals surface area (Å²) in [6.45, 7) is 2.83. The van der Waals surface area contributed by atoms with Crippen LogP contribution in [0.3, 0.4) is 0 Å². The first kappa shape index (κ1) is 18.1. The maximum atomic E-state index is 12.4. The molecule has 144 valence electrons. The second-order valence-electron chi connectivity index (χ2n) is 6.73. The number of Topliss-reactive ketones (excluding diaryl/α,β-unsaturated/α-hetero) is 1. The topological polar surface area (TPSA) is 66.8 Å². The molecule has 0 saturated heterocycles. The number of fused-ring (bicyclic) bond motifs is 2. The average molecular weight is 379 g/mol. The van der Waals surface area contributed by atoms with E-state index in [9.17, 15) is 9.59 Å². The van der Waals surface area contributed by atoms with E-state index in [2.05, 4.69) is 0 Å². The van der Waals surface area contributed by atoms with Crippen molar-refractivity contribution >= 4 is 22.7 Å². The average Bonchev–Trinajstić information content (AvgIpc) is 2.87. The molecule has 6 nitrogen and oxygen atoms in total. The number of aromatic nitrogens is 1. The van der Waals surface area contributed by atoms with E-state index < -0.39 is 5.97 Å². The minimum Gasteiger partial charge on any atom is -0.490 e. The van der Waals surface area contributed by atoms with E-state index in [-0.39, 0.29) is 18.9 Å². The molecule has 1 aromatic heterocycles. The molecule has 1 aliphatic rings. The minimum atomic E-state index is -0.452. The molecule has 0 radical (unpaired) electrons. The van der Waals surface area contributed by atoms with Crippen molar-refractivity contribution in [2.24, 2.45) is 0 Å². The lowest BCUT2D eigenvalue weighted by atomic mass is 10.1. The summed E-state index contributed by atoms with van der Waals surface area (Å²) in [6.07, 6.45) is 0.795. The smallest absolute Gasteiger partial charge is 0.326 e. The first-order valence-corrected chi connectivity index (χ1v) is 9.25. The van der Waals surface area contributed by atoms with Gasteiger partial charge in [0.2, 0.25) is 0 Å². The highest BCUT2D eigenvalue weighted by atomic mass is 16.5. The third-order valence-corrected chi connectivity index (χ3v) is 4.74. The first-order chi connectivity index (χ1) is 13.6. The zero-order valence-electron chi connectivity index (χ0n) is 15.6. The molecule has 0 aliphatic carbocycles. The number of carbonyl (C=O) groups excluding carboxylic acids is 2. The molecule has 2 aromatic carbocycles. The molecule has 0 spiro atoms. The van der Waals surface area contributed by atoms with Gasteiger partial charge in [0.25, 0.3) is 0 Å². The number of carbonyl (C=O) groups is 2. The number of rotatable bonds is 5. The summed E-state index contributed by atoms with van der Waals surface area (Å²) >= 11 is 0. The van der Waals surface area contributed by atoms with Gasteiger partial charge in [0, 0.05) is 23.2 Å². The van der Waals surface area contributed by atoms with Crippen LogP contribution in [0.1, 0.15) is 22.5 Å². The number of nitrogens with zero attached hydrogens (tertiary/aromatic N) is 1. The van der Waals surface area contributed by atoms with E-state index >= 15 is 0 Å². The Morgan fingerprint density at radius 2 is 1.82 bits per heavy atom. The number of para-hydroxylation sites is 1. The number of esters is 1. The van der Waals surface area contributed by atoms with Crippen molar-refractivity contribution in [3.63, 3.8) is 0 Å². The Balaban J connectivity index is 1.40. The Labute approximate surface area is 162 Å². The molecule has 1 aliphatic heterocycles. The Morgan fingerprint density at radius 3 is 2.68 bits per heavy atom. The van der Waals surface area contributed by atoms with Crippen molar-refractivity contribution in [2.45, 2.75) is 19.9 Å². The molecule has 28 heavy (non-hydrogen) atoms. The molecule has 4 rings (SSSR count). The van der Waals surface area contributed by atoms with Gasteiger partial charge in [-0.3, -0.25) is 9.59 Å². The molecule has 0 saturated carbocycles. The number of benzene rings is 2. The number of aryl methyl sites for hydroxylation is 1. The second kappa shape index (κ2) is 7.76. The number of hydrogen-bond acceptors (Lipinski definition) is 5. The van der Waals surface area contributed by atoms with E-state index in [1.165, 1.54) is 0 Å². The van der Waals surface area contributed by atoms with Gasteiger partial charge >= 0.3 is 5.97 Å². The van der Waals surface area contributed by atoms with Gasteiger partial charge < -0.3 is 18.8 Å². The Morgan fingerprint density at radius 1 is 1.04 bits per heavy atom. The van der Waals surface area contributed by atoms with Crippen LogP contribution in [0.25, 0.3) is 10.9 Å². The molecule has 6 heteroatoms. The largest absolute Gasteiger partial charge is 0.490 e. The fourth-order valence-corrected chi connectivity index (χ4v) is 3.30. The molecule has 0 atom stereocenters. The van der Waals surface area contributed by atoms with Gasteiger partial charge in [0.1, 0.15) is 6.54 Å². The van der Waals surface area contributed by atoms with Crippen LogP contribution in [-0.2, 0) is 16.1 Å². The fraction of sp³-hybridized carbons (Fsp3) is 0.273. The Bertz CT molecular complexity index is 1040. The summed E-state index contributed by atoms with van der Waals surface area (Å²) in [5, 5.41) is 1.07. The lowest BCUT2D eigenvalue weighted by molar-refractivity contribution is -0.143. The molecule has 2 heterocycles. The van der Waals surface area contributed by atoms with Gasteiger partial charge in [-0.1, -0.05) is 18.2 Å². The second-order valence-corrected chi connectivity index (χ2v) is 6.73. The van der Waals surface area contributed by atoms with Gasteiger partial charge in [-0.15, -0.1) is 0 Å². The van der Waals surface area contributed by atoms with Gasteiger partial charge in [-0.25, -0.2) is 0 Å². The van der Waals surface area contributed by atoms with Crippen LogP contribution in [0.15, 0.2) is 48.5 Å². The molecular formula is C22H21NO5. The summed E-state index contributed by atoms with van der Waals surface area (Å²) in [5.74, 6) is 0.440. The fourth-order valence-electron chi connectivity index (χ4n) is 3.30. The SMILES string of the molecule is Cc1cc2ccccc2n1CC(=O)OCC(=O)c1ccc2c(c1)OCCCO2. The van der Waals surface area contributed by atoms with Crippen molar-refractivity contribution in [3.8, 4) is 11.5 Å². The highest BCUT2D eigenvalue weighted by Crippen LogP contribution is 2.30. The normalized spacial score (nSPS) is 13.2. The van der Waals surface area contributed by atoms with E-state index in [4.69, 9.17) is 14.2 Å². The van der Waals surface area contributed by atoms with Gasteiger partial charge in [0.05, 0.1) is 13.2 Å². The lowest BCUT2D eigenvalue weighted by Crippen LogP contribution is -2.19. The summed E-state index contributed by atoms with van der Waals surface area (Å²) < 4.78 is 18.3. The van der Waals surface area contributed by atoms with Crippen LogP contribution in [0, 0.1) is 6.92 Å². The molecule has 0 unspecified atom stereocenters. The molecule has 0 N–H and O–H groups in total. The maximum absolute atomic E-state index is 12.4. The van der Waals surface area contributed by atoms with Gasteiger partial charge in [0.15, 0.2) is 23.9 Å². The third-order valence-electron chi connectivity index (χ3n) is 4.74. The van der Waals surface area contributed by atoms with Gasteiger partial charge in [-0.2, -0.15) is 0 Å². The van der Waals surface area contributed by atoms with E-state index in [1.807, 2.05) is 41.8 Å².